The van der Waals surface area contributed by atoms with Crippen molar-refractivity contribution in [1.29, 1.82) is 0 Å². The summed E-state index contributed by atoms with van der Waals surface area (Å²) in [6, 6.07) is 0. The summed E-state index contributed by atoms with van der Waals surface area (Å²) in [5, 5.41) is 3.28. The van der Waals surface area contributed by atoms with Crippen molar-refractivity contribution in [1.82, 2.24) is 10.2 Å². The fourth-order valence-corrected chi connectivity index (χ4v) is 1.65. The summed E-state index contributed by atoms with van der Waals surface area (Å²) < 4.78 is 0. The van der Waals surface area contributed by atoms with E-state index in [2.05, 4.69) is 30.8 Å². The standard InChI is InChI=1S/C12H22N2/c1-4-5-6-7-14(3)10-11(2)12-8-13-9-12/h4,13H,1,5-10H2,2-3H3. The molecule has 0 aliphatic carbocycles. The molecule has 2 nitrogen and oxygen atoms in total. The first-order valence-electron chi connectivity index (χ1n) is 5.41. The minimum absolute atomic E-state index is 1.10. The first kappa shape index (κ1) is 11.5. The van der Waals surface area contributed by atoms with E-state index in [1.165, 1.54) is 13.0 Å². The lowest BCUT2D eigenvalue weighted by molar-refractivity contribution is 0.355. The predicted octanol–water partition coefficient (Wildman–Crippen LogP) is 1.80. The van der Waals surface area contributed by atoms with Gasteiger partial charge in [-0.05, 0) is 38.9 Å². The highest BCUT2D eigenvalue weighted by Gasteiger charge is 2.11. The second-order valence-corrected chi connectivity index (χ2v) is 4.16. The van der Waals surface area contributed by atoms with Gasteiger partial charge >= 0.3 is 0 Å². The second kappa shape index (κ2) is 5.99. The van der Waals surface area contributed by atoms with Gasteiger partial charge in [-0.25, -0.2) is 0 Å². The Kier molecular flexibility index (Phi) is 4.91. The third kappa shape index (κ3) is 3.64. The second-order valence-electron chi connectivity index (χ2n) is 4.16. The van der Waals surface area contributed by atoms with Crippen LogP contribution in [0, 0.1) is 0 Å². The van der Waals surface area contributed by atoms with E-state index in [1.54, 1.807) is 11.1 Å². The van der Waals surface area contributed by atoms with Crippen molar-refractivity contribution >= 4 is 0 Å². The smallest absolute Gasteiger partial charge is 0.0190 e. The number of nitrogens with zero attached hydrogens (tertiary/aromatic N) is 1. The van der Waals surface area contributed by atoms with E-state index in [1.807, 2.05) is 6.08 Å². The minimum Gasteiger partial charge on any atom is -0.309 e. The van der Waals surface area contributed by atoms with E-state index >= 15 is 0 Å². The summed E-state index contributed by atoms with van der Waals surface area (Å²) in [6.07, 6.45) is 4.34. The van der Waals surface area contributed by atoms with Crippen LogP contribution in [0.3, 0.4) is 0 Å². The predicted molar refractivity (Wildman–Crippen MR) is 62.5 cm³/mol. The molecule has 0 aromatic rings. The molecule has 0 aromatic heterocycles. The zero-order valence-corrected chi connectivity index (χ0v) is 9.47. The van der Waals surface area contributed by atoms with Crippen LogP contribution in [0.25, 0.3) is 0 Å². The zero-order valence-electron chi connectivity index (χ0n) is 9.47. The summed E-state index contributed by atoms with van der Waals surface area (Å²) in [5.41, 5.74) is 3.14. The van der Waals surface area contributed by atoms with Crippen molar-refractivity contribution in [3.8, 4) is 0 Å². The minimum atomic E-state index is 1.10. The van der Waals surface area contributed by atoms with Crippen molar-refractivity contribution in [2.75, 3.05) is 33.2 Å². The van der Waals surface area contributed by atoms with Gasteiger partial charge in [-0.15, -0.1) is 6.58 Å². The van der Waals surface area contributed by atoms with Gasteiger partial charge in [-0.1, -0.05) is 11.6 Å². The van der Waals surface area contributed by atoms with Gasteiger partial charge in [0.05, 0.1) is 0 Å². The van der Waals surface area contributed by atoms with Crippen molar-refractivity contribution in [3.63, 3.8) is 0 Å². The molecule has 1 saturated heterocycles. The lowest BCUT2D eigenvalue weighted by atomic mass is 10.0. The van der Waals surface area contributed by atoms with E-state index in [4.69, 9.17) is 0 Å². The molecule has 1 heterocycles. The maximum absolute atomic E-state index is 3.73. The van der Waals surface area contributed by atoms with Crippen molar-refractivity contribution in [3.05, 3.63) is 23.8 Å². The summed E-state index contributed by atoms with van der Waals surface area (Å²) in [7, 11) is 2.19. The molecule has 1 rings (SSSR count). The van der Waals surface area contributed by atoms with Gasteiger partial charge in [0.25, 0.3) is 0 Å². The number of unbranched alkanes of at least 4 members (excludes halogenated alkanes) is 1. The first-order chi connectivity index (χ1) is 6.74. The highest BCUT2D eigenvalue weighted by Crippen LogP contribution is 2.09. The third-order valence-corrected chi connectivity index (χ3v) is 2.74. The van der Waals surface area contributed by atoms with Gasteiger partial charge in [-0.3, -0.25) is 0 Å². The summed E-state index contributed by atoms with van der Waals surface area (Å²) in [6.45, 7) is 10.5. The molecule has 2 heteroatoms. The molecule has 1 N–H and O–H groups in total. The Hall–Kier alpha value is -0.600. The highest BCUT2D eigenvalue weighted by molar-refractivity contribution is 5.22. The van der Waals surface area contributed by atoms with Crippen LogP contribution < -0.4 is 5.32 Å². The molecular weight excluding hydrogens is 172 g/mol. The third-order valence-electron chi connectivity index (χ3n) is 2.74. The Labute approximate surface area is 87.7 Å². The van der Waals surface area contributed by atoms with Gasteiger partial charge in [0.1, 0.15) is 0 Å². The average Bonchev–Trinajstić information content (AvgIpc) is 2.00. The zero-order chi connectivity index (χ0) is 10.4. The van der Waals surface area contributed by atoms with Crippen LogP contribution in [-0.4, -0.2) is 38.1 Å². The van der Waals surface area contributed by atoms with Crippen LogP contribution in [0.2, 0.25) is 0 Å². The van der Waals surface area contributed by atoms with Crippen LogP contribution in [0.5, 0.6) is 0 Å². The molecule has 14 heavy (non-hydrogen) atoms. The number of allylic oxidation sites excluding steroid dienone is 1. The van der Waals surface area contributed by atoms with Gasteiger partial charge in [0.15, 0.2) is 0 Å². The van der Waals surface area contributed by atoms with Crippen LogP contribution in [0.1, 0.15) is 19.8 Å². The van der Waals surface area contributed by atoms with Crippen molar-refractivity contribution < 1.29 is 0 Å². The maximum Gasteiger partial charge on any atom is 0.0190 e. The Bertz CT molecular complexity index is 212. The van der Waals surface area contributed by atoms with Crippen molar-refractivity contribution in [2.45, 2.75) is 19.8 Å². The van der Waals surface area contributed by atoms with Gasteiger partial charge in [-0.2, -0.15) is 0 Å². The maximum atomic E-state index is 3.73. The van der Waals surface area contributed by atoms with Crippen LogP contribution >= 0.6 is 0 Å². The van der Waals surface area contributed by atoms with Crippen LogP contribution in [0.15, 0.2) is 23.8 Å². The molecule has 0 atom stereocenters. The normalized spacial score (nSPS) is 15.5. The Balaban J connectivity index is 2.18. The Morgan fingerprint density at radius 3 is 2.79 bits per heavy atom. The van der Waals surface area contributed by atoms with Gasteiger partial charge in [0.2, 0.25) is 0 Å². The van der Waals surface area contributed by atoms with Gasteiger partial charge < -0.3 is 10.2 Å². The highest BCUT2D eigenvalue weighted by atomic mass is 15.1. The van der Waals surface area contributed by atoms with E-state index in [0.29, 0.717) is 0 Å². The van der Waals surface area contributed by atoms with E-state index < -0.39 is 0 Å². The molecule has 0 bridgehead atoms. The number of rotatable bonds is 6. The fraction of sp³-hybridized carbons (Fsp3) is 0.667. The van der Waals surface area contributed by atoms with E-state index in [-0.39, 0.29) is 0 Å². The molecule has 1 aliphatic rings. The number of nitrogens with one attached hydrogen (secondary N) is 1. The molecule has 0 amide bonds. The van der Waals surface area contributed by atoms with E-state index in [0.717, 1.165) is 26.1 Å². The molecule has 0 aromatic carbocycles. The molecule has 0 spiro atoms. The summed E-state index contributed by atoms with van der Waals surface area (Å²) in [4.78, 5) is 2.39. The molecule has 1 aliphatic heterocycles. The summed E-state index contributed by atoms with van der Waals surface area (Å²) >= 11 is 0. The van der Waals surface area contributed by atoms with Crippen LogP contribution in [0.4, 0.5) is 0 Å². The number of hydrogen-bond acceptors (Lipinski definition) is 2. The average molecular weight is 194 g/mol. The molecule has 0 unspecified atom stereocenters. The SMILES string of the molecule is C=CCCCN(C)CC(C)=C1CNC1. The van der Waals surface area contributed by atoms with Crippen LogP contribution in [-0.2, 0) is 0 Å². The molecule has 0 radical (unpaired) electrons. The topological polar surface area (TPSA) is 15.3 Å². The molecule has 80 valence electrons. The monoisotopic (exact) mass is 194 g/mol. The first-order valence-corrected chi connectivity index (χ1v) is 5.41. The molecular formula is C12H22N2. The lowest BCUT2D eigenvalue weighted by Gasteiger charge is -2.25. The number of likely N-dealkylation sites (N-methyl/N-ethyl adjacent to an activating group) is 1. The van der Waals surface area contributed by atoms with Crippen molar-refractivity contribution in [2.24, 2.45) is 0 Å². The molecule has 0 saturated carbocycles. The Morgan fingerprint density at radius 1 is 1.57 bits per heavy atom. The largest absolute Gasteiger partial charge is 0.309 e. The number of hydrogen-bond donors (Lipinski definition) is 1. The lowest BCUT2D eigenvalue weighted by Crippen LogP contribution is -2.36. The fourth-order valence-electron chi connectivity index (χ4n) is 1.65. The Morgan fingerprint density at radius 2 is 2.29 bits per heavy atom. The quantitative estimate of drug-likeness (QED) is 0.512. The van der Waals surface area contributed by atoms with E-state index in [9.17, 15) is 0 Å². The molecule has 1 fully saturated rings. The summed E-state index contributed by atoms with van der Waals surface area (Å²) in [5.74, 6) is 0. The van der Waals surface area contributed by atoms with Gasteiger partial charge in [0, 0.05) is 19.6 Å².